The summed E-state index contributed by atoms with van der Waals surface area (Å²) < 4.78 is 11.9. The Morgan fingerprint density at radius 1 is 1.08 bits per heavy atom. The summed E-state index contributed by atoms with van der Waals surface area (Å²) in [5, 5.41) is 0.793. The van der Waals surface area contributed by atoms with Crippen molar-refractivity contribution in [3.8, 4) is 5.75 Å². The van der Waals surface area contributed by atoms with Gasteiger partial charge < -0.3 is 9.47 Å². The molecular formula is C19H16BrNO3. The van der Waals surface area contributed by atoms with E-state index >= 15 is 0 Å². The van der Waals surface area contributed by atoms with E-state index in [0.717, 1.165) is 26.8 Å². The molecular weight excluding hydrogens is 370 g/mol. The Hall–Kier alpha value is -2.40. The molecule has 2 aromatic carbocycles. The molecule has 0 fully saturated rings. The zero-order valence-corrected chi connectivity index (χ0v) is 14.7. The lowest BCUT2D eigenvalue weighted by Crippen LogP contribution is -2.13. The highest BCUT2D eigenvalue weighted by Gasteiger charge is 2.13. The number of halogens is 1. The van der Waals surface area contributed by atoms with Gasteiger partial charge in [-0.15, -0.1) is 0 Å². The van der Waals surface area contributed by atoms with Crippen LogP contribution in [0.25, 0.3) is 10.9 Å². The maximum atomic E-state index is 12.4. The maximum absolute atomic E-state index is 12.4. The Balaban J connectivity index is 1.62. The van der Waals surface area contributed by atoms with Gasteiger partial charge in [0.1, 0.15) is 19.0 Å². The first-order chi connectivity index (χ1) is 11.6. The Labute approximate surface area is 148 Å². The third-order valence-corrected chi connectivity index (χ3v) is 3.99. The van der Waals surface area contributed by atoms with Gasteiger partial charge in [-0.05, 0) is 43.3 Å². The summed E-state index contributed by atoms with van der Waals surface area (Å²) in [5.41, 5.74) is 2.10. The van der Waals surface area contributed by atoms with Crippen LogP contribution < -0.4 is 4.74 Å². The first-order valence-corrected chi connectivity index (χ1v) is 8.34. The van der Waals surface area contributed by atoms with Gasteiger partial charge in [-0.1, -0.05) is 34.1 Å². The Morgan fingerprint density at radius 3 is 2.62 bits per heavy atom. The van der Waals surface area contributed by atoms with Crippen molar-refractivity contribution < 1.29 is 14.3 Å². The predicted molar refractivity (Wildman–Crippen MR) is 96.4 cm³/mol. The van der Waals surface area contributed by atoms with Crippen LogP contribution in [-0.2, 0) is 4.74 Å². The summed E-state index contributed by atoms with van der Waals surface area (Å²) in [4.78, 5) is 16.8. The minimum Gasteiger partial charge on any atom is -0.490 e. The highest BCUT2D eigenvalue weighted by Crippen LogP contribution is 2.19. The van der Waals surface area contributed by atoms with Crippen molar-refractivity contribution in [1.29, 1.82) is 0 Å². The highest BCUT2D eigenvalue weighted by atomic mass is 79.9. The summed E-state index contributed by atoms with van der Waals surface area (Å²) in [6.45, 7) is 2.35. The number of para-hydroxylation sites is 1. The number of aryl methyl sites for hydroxylation is 1. The molecule has 0 unspecified atom stereocenters. The monoisotopic (exact) mass is 385 g/mol. The number of carbonyl (C=O) groups is 1. The van der Waals surface area contributed by atoms with E-state index in [4.69, 9.17) is 9.47 Å². The van der Waals surface area contributed by atoms with Gasteiger partial charge in [0.25, 0.3) is 0 Å². The van der Waals surface area contributed by atoms with E-state index in [-0.39, 0.29) is 12.6 Å². The van der Waals surface area contributed by atoms with Gasteiger partial charge in [-0.2, -0.15) is 0 Å². The molecule has 0 atom stereocenters. The fraction of sp³-hybridized carbons (Fsp3) is 0.158. The molecule has 0 bridgehead atoms. The first kappa shape index (κ1) is 16.5. The third-order valence-electron chi connectivity index (χ3n) is 3.46. The minimum absolute atomic E-state index is 0.185. The second kappa shape index (κ2) is 7.45. The summed E-state index contributed by atoms with van der Waals surface area (Å²) in [6.07, 6.45) is 0. The van der Waals surface area contributed by atoms with Gasteiger partial charge in [0.05, 0.1) is 11.1 Å². The predicted octanol–water partition coefficient (Wildman–Crippen LogP) is 4.54. The molecule has 0 saturated heterocycles. The van der Waals surface area contributed by atoms with Crippen molar-refractivity contribution in [1.82, 2.24) is 4.98 Å². The lowest BCUT2D eigenvalue weighted by atomic mass is 10.1. The summed E-state index contributed by atoms with van der Waals surface area (Å²) >= 11 is 3.37. The number of fused-ring (bicyclic) bond motifs is 1. The second-order valence-electron chi connectivity index (χ2n) is 5.27. The average Bonchev–Trinajstić information content (AvgIpc) is 2.59. The van der Waals surface area contributed by atoms with E-state index in [1.807, 2.05) is 55.5 Å². The fourth-order valence-corrected chi connectivity index (χ4v) is 2.64. The van der Waals surface area contributed by atoms with Crippen molar-refractivity contribution in [2.45, 2.75) is 6.92 Å². The van der Waals surface area contributed by atoms with Crippen molar-refractivity contribution in [2.75, 3.05) is 13.2 Å². The number of pyridine rings is 1. The lowest BCUT2D eigenvalue weighted by molar-refractivity contribution is 0.0452. The second-order valence-corrected chi connectivity index (χ2v) is 6.18. The SMILES string of the molecule is Cc1cc(C(=O)OCCOc2ccc(Br)cc2)c2ccccc2n1. The number of carbonyl (C=O) groups excluding carboxylic acids is 1. The van der Waals surface area contributed by atoms with Gasteiger partial charge in [0.2, 0.25) is 0 Å². The number of ether oxygens (including phenoxy) is 2. The van der Waals surface area contributed by atoms with E-state index in [1.54, 1.807) is 6.07 Å². The van der Waals surface area contributed by atoms with E-state index < -0.39 is 0 Å². The smallest absolute Gasteiger partial charge is 0.339 e. The molecule has 0 radical (unpaired) electrons. The van der Waals surface area contributed by atoms with Gasteiger partial charge >= 0.3 is 5.97 Å². The number of benzene rings is 2. The molecule has 3 aromatic rings. The number of rotatable bonds is 5. The van der Waals surface area contributed by atoms with Gasteiger partial charge in [0.15, 0.2) is 0 Å². The Morgan fingerprint density at radius 2 is 1.83 bits per heavy atom. The van der Waals surface area contributed by atoms with Crippen LogP contribution in [0.3, 0.4) is 0 Å². The van der Waals surface area contributed by atoms with Crippen molar-refractivity contribution in [2.24, 2.45) is 0 Å². The quantitative estimate of drug-likeness (QED) is 0.477. The summed E-state index contributed by atoms with van der Waals surface area (Å²) in [6, 6.07) is 16.8. The Bertz CT molecular complexity index is 862. The van der Waals surface area contributed by atoms with Crippen molar-refractivity contribution >= 4 is 32.8 Å². The largest absolute Gasteiger partial charge is 0.490 e. The van der Waals surface area contributed by atoms with E-state index in [0.29, 0.717) is 12.2 Å². The summed E-state index contributed by atoms with van der Waals surface area (Å²) in [5.74, 6) is 0.371. The van der Waals surface area contributed by atoms with E-state index in [1.165, 1.54) is 0 Å². The van der Waals surface area contributed by atoms with E-state index in [2.05, 4.69) is 20.9 Å². The maximum Gasteiger partial charge on any atom is 0.339 e. The third kappa shape index (κ3) is 3.92. The fourth-order valence-electron chi connectivity index (χ4n) is 2.38. The minimum atomic E-state index is -0.365. The number of hydrogen-bond donors (Lipinski definition) is 0. The molecule has 122 valence electrons. The number of esters is 1. The molecule has 0 spiro atoms. The summed E-state index contributed by atoms with van der Waals surface area (Å²) in [7, 11) is 0. The highest BCUT2D eigenvalue weighted by molar-refractivity contribution is 9.10. The molecule has 0 aliphatic carbocycles. The molecule has 0 saturated carbocycles. The number of hydrogen-bond acceptors (Lipinski definition) is 4. The topological polar surface area (TPSA) is 48.4 Å². The molecule has 0 aliphatic rings. The zero-order valence-electron chi connectivity index (χ0n) is 13.2. The van der Waals surface area contributed by atoms with Gasteiger partial charge in [0, 0.05) is 15.6 Å². The first-order valence-electron chi connectivity index (χ1n) is 7.55. The molecule has 24 heavy (non-hydrogen) atoms. The molecule has 5 heteroatoms. The van der Waals surface area contributed by atoms with Crippen LogP contribution >= 0.6 is 15.9 Å². The molecule has 1 heterocycles. The number of nitrogens with zero attached hydrogens (tertiary/aromatic N) is 1. The van der Waals surface area contributed by atoms with Crippen LogP contribution in [0.15, 0.2) is 59.1 Å². The average molecular weight is 386 g/mol. The van der Waals surface area contributed by atoms with E-state index in [9.17, 15) is 4.79 Å². The van der Waals surface area contributed by atoms with Crippen LogP contribution in [0.5, 0.6) is 5.75 Å². The molecule has 0 amide bonds. The normalized spacial score (nSPS) is 10.6. The lowest BCUT2D eigenvalue weighted by Gasteiger charge is -2.09. The van der Waals surface area contributed by atoms with Crippen LogP contribution in [0.1, 0.15) is 16.1 Å². The van der Waals surface area contributed by atoms with Crippen molar-refractivity contribution in [3.05, 3.63) is 70.3 Å². The standard InChI is InChI=1S/C19H16BrNO3/c1-13-12-17(16-4-2-3-5-18(16)21-13)19(22)24-11-10-23-15-8-6-14(20)7-9-15/h2-9,12H,10-11H2,1H3. The van der Waals surface area contributed by atoms with Crippen molar-refractivity contribution in [3.63, 3.8) is 0 Å². The zero-order chi connectivity index (χ0) is 16.9. The van der Waals surface area contributed by atoms with Gasteiger partial charge in [-0.3, -0.25) is 4.98 Å². The van der Waals surface area contributed by atoms with Gasteiger partial charge in [-0.25, -0.2) is 4.79 Å². The number of aromatic nitrogens is 1. The van der Waals surface area contributed by atoms with Crippen LogP contribution in [0.4, 0.5) is 0 Å². The molecule has 4 nitrogen and oxygen atoms in total. The van der Waals surface area contributed by atoms with Crippen LogP contribution in [-0.4, -0.2) is 24.2 Å². The molecule has 3 rings (SSSR count). The molecule has 0 N–H and O–H groups in total. The Kier molecular flexibility index (Phi) is 5.11. The molecule has 1 aromatic heterocycles. The van der Waals surface area contributed by atoms with Crippen LogP contribution in [0, 0.1) is 6.92 Å². The molecule has 0 aliphatic heterocycles. The van der Waals surface area contributed by atoms with Crippen LogP contribution in [0.2, 0.25) is 0 Å².